The summed E-state index contributed by atoms with van der Waals surface area (Å²) in [4.78, 5) is 27.0. The zero-order valence-electron chi connectivity index (χ0n) is 17.7. The molecular weight excluding hydrogens is 458 g/mol. The Bertz CT molecular complexity index is 898. The molecule has 0 spiro atoms. The summed E-state index contributed by atoms with van der Waals surface area (Å²) in [5.41, 5.74) is 1.32. The molecule has 0 bridgehead atoms. The summed E-state index contributed by atoms with van der Waals surface area (Å²) in [6, 6.07) is 10.9. The number of amides is 2. The van der Waals surface area contributed by atoms with E-state index in [2.05, 4.69) is 5.32 Å². The standard InChI is InChI=1S/C23H27Cl2FN2O2S/c1-3-4-11-27-23(30)16(2)28(13-18-7-5-6-8-21(18)26)22(29)15-31-14-17-9-10-19(24)20(25)12-17/h5-10,12,16H,3-4,11,13-15H2,1-2H3,(H,27,30)/t16-/m1/s1. The molecule has 2 rings (SSSR count). The molecule has 0 aliphatic heterocycles. The third kappa shape index (κ3) is 8.02. The quantitative estimate of drug-likeness (QED) is 0.416. The van der Waals surface area contributed by atoms with Crippen LogP contribution in [0.15, 0.2) is 42.5 Å². The summed E-state index contributed by atoms with van der Waals surface area (Å²) < 4.78 is 14.2. The number of carbonyl (C=O) groups is 2. The molecule has 0 aliphatic rings. The van der Waals surface area contributed by atoms with Gasteiger partial charge < -0.3 is 10.2 Å². The summed E-state index contributed by atoms with van der Waals surface area (Å²) in [6.45, 7) is 4.28. The molecule has 8 heteroatoms. The van der Waals surface area contributed by atoms with Crippen molar-refractivity contribution >= 4 is 46.8 Å². The maximum absolute atomic E-state index is 14.2. The molecule has 0 fully saturated rings. The fourth-order valence-corrected chi connectivity index (χ4v) is 4.08. The fraction of sp³-hybridized carbons (Fsp3) is 0.391. The SMILES string of the molecule is CCCCNC(=O)[C@@H](C)N(Cc1ccccc1F)C(=O)CSCc1ccc(Cl)c(Cl)c1. The van der Waals surface area contributed by atoms with Crippen molar-refractivity contribution in [3.63, 3.8) is 0 Å². The van der Waals surface area contributed by atoms with Gasteiger partial charge in [0.2, 0.25) is 11.8 Å². The molecule has 0 heterocycles. The fourth-order valence-electron chi connectivity index (χ4n) is 2.90. The van der Waals surface area contributed by atoms with Gasteiger partial charge in [-0.25, -0.2) is 4.39 Å². The van der Waals surface area contributed by atoms with E-state index in [4.69, 9.17) is 23.2 Å². The highest BCUT2D eigenvalue weighted by Gasteiger charge is 2.26. The number of halogens is 3. The summed E-state index contributed by atoms with van der Waals surface area (Å²) in [5, 5.41) is 3.79. The van der Waals surface area contributed by atoms with Crippen molar-refractivity contribution in [2.45, 2.75) is 45.0 Å². The molecule has 0 unspecified atom stereocenters. The Morgan fingerprint density at radius 3 is 2.58 bits per heavy atom. The molecule has 168 valence electrons. The van der Waals surface area contributed by atoms with Crippen molar-refractivity contribution in [1.29, 1.82) is 0 Å². The second kappa shape index (κ2) is 12.9. The first kappa shape index (κ1) is 25.5. The van der Waals surface area contributed by atoms with Gasteiger partial charge >= 0.3 is 0 Å². The van der Waals surface area contributed by atoms with Gasteiger partial charge in [-0.05, 0) is 37.1 Å². The van der Waals surface area contributed by atoms with Gasteiger partial charge in [-0.2, -0.15) is 0 Å². The zero-order chi connectivity index (χ0) is 22.8. The minimum Gasteiger partial charge on any atom is -0.354 e. The molecular formula is C23H27Cl2FN2O2S. The molecule has 1 N–H and O–H groups in total. The third-order valence-corrected chi connectivity index (χ3v) is 6.50. The Kier molecular flexibility index (Phi) is 10.6. The average Bonchev–Trinajstić information content (AvgIpc) is 2.75. The van der Waals surface area contributed by atoms with Crippen molar-refractivity contribution in [1.82, 2.24) is 10.2 Å². The van der Waals surface area contributed by atoms with Gasteiger partial charge in [0.05, 0.1) is 15.8 Å². The molecule has 2 amide bonds. The van der Waals surface area contributed by atoms with Crippen molar-refractivity contribution in [3.05, 3.63) is 69.5 Å². The molecule has 0 aliphatic carbocycles. The maximum Gasteiger partial charge on any atom is 0.242 e. The number of nitrogens with zero attached hydrogens (tertiary/aromatic N) is 1. The molecule has 4 nitrogen and oxygen atoms in total. The van der Waals surface area contributed by atoms with E-state index in [1.54, 1.807) is 37.3 Å². The Balaban J connectivity index is 2.06. The lowest BCUT2D eigenvalue weighted by molar-refractivity contribution is -0.138. The minimum absolute atomic E-state index is 0.0290. The van der Waals surface area contributed by atoms with Crippen LogP contribution in [0.5, 0.6) is 0 Å². The number of carbonyl (C=O) groups excluding carboxylic acids is 2. The lowest BCUT2D eigenvalue weighted by Gasteiger charge is -2.29. The molecule has 0 saturated carbocycles. The minimum atomic E-state index is -0.713. The van der Waals surface area contributed by atoms with Gasteiger partial charge in [0, 0.05) is 24.4 Å². The van der Waals surface area contributed by atoms with Crippen LogP contribution in [0, 0.1) is 5.82 Å². The monoisotopic (exact) mass is 484 g/mol. The molecule has 1 atom stereocenters. The normalized spacial score (nSPS) is 11.8. The Morgan fingerprint density at radius 2 is 1.90 bits per heavy atom. The summed E-state index contributed by atoms with van der Waals surface area (Å²) in [5.74, 6) is -0.157. The van der Waals surface area contributed by atoms with Crippen LogP contribution in [0.1, 0.15) is 37.8 Å². The predicted molar refractivity (Wildman–Crippen MR) is 127 cm³/mol. The van der Waals surface area contributed by atoms with E-state index < -0.39 is 11.9 Å². The van der Waals surface area contributed by atoms with E-state index in [1.807, 2.05) is 13.0 Å². The van der Waals surface area contributed by atoms with Crippen molar-refractivity contribution in [3.8, 4) is 0 Å². The van der Waals surface area contributed by atoms with E-state index in [1.165, 1.54) is 22.7 Å². The third-order valence-electron chi connectivity index (χ3n) is 4.77. The van der Waals surface area contributed by atoms with Crippen LogP contribution < -0.4 is 5.32 Å². The van der Waals surface area contributed by atoms with Crippen molar-refractivity contribution in [2.24, 2.45) is 0 Å². The van der Waals surface area contributed by atoms with Crippen LogP contribution in [0.3, 0.4) is 0 Å². The van der Waals surface area contributed by atoms with Crippen LogP contribution in [-0.4, -0.2) is 35.1 Å². The van der Waals surface area contributed by atoms with Crippen LogP contribution >= 0.6 is 35.0 Å². The van der Waals surface area contributed by atoms with Gasteiger partial charge in [-0.1, -0.05) is 60.8 Å². The summed E-state index contributed by atoms with van der Waals surface area (Å²) in [7, 11) is 0. The van der Waals surface area contributed by atoms with Gasteiger partial charge in [-0.15, -0.1) is 11.8 Å². The topological polar surface area (TPSA) is 49.4 Å². The number of unbranched alkanes of at least 4 members (excludes halogenated alkanes) is 1. The largest absolute Gasteiger partial charge is 0.354 e. The highest BCUT2D eigenvalue weighted by atomic mass is 35.5. The number of hydrogen-bond acceptors (Lipinski definition) is 3. The van der Waals surface area contributed by atoms with Crippen LogP contribution in [0.25, 0.3) is 0 Å². The second-order valence-electron chi connectivity index (χ2n) is 7.17. The van der Waals surface area contributed by atoms with Gasteiger partial charge in [0.25, 0.3) is 0 Å². The zero-order valence-corrected chi connectivity index (χ0v) is 20.0. The van der Waals surface area contributed by atoms with Crippen molar-refractivity contribution < 1.29 is 14.0 Å². The van der Waals surface area contributed by atoms with E-state index in [-0.39, 0.29) is 24.1 Å². The molecule has 31 heavy (non-hydrogen) atoms. The second-order valence-corrected chi connectivity index (χ2v) is 8.97. The number of hydrogen-bond donors (Lipinski definition) is 1. The first-order chi connectivity index (χ1) is 14.8. The number of nitrogens with one attached hydrogen (secondary N) is 1. The number of thioether (sulfide) groups is 1. The molecule has 2 aromatic carbocycles. The number of rotatable bonds is 11. The first-order valence-corrected chi connectivity index (χ1v) is 12.1. The van der Waals surface area contributed by atoms with Crippen LogP contribution in [0.4, 0.5) is 4.39 Å². The Labute approximate surface area is 197 Å². The van der Waals surface area contributed by atoms with E-state index >= 15 is 0 Å². The lowest BCUT2D eigenvalue weighted by Crippen LogP contribution is -2.48. The molecule has 0 aromatic heterocycles. The van der Waals surface area contributed by atoms with Crippen molar-refractivity contribution in [2.75, 3.05) is 12.3 Å². The summed E-state index contributed by atoms with van der Waals surface area (Å²) >= 11 is 13.4. The summed E-state index contributed by atoms with van der Waals surface area (Å²) in [6.07, 6.45) is 1.82. The van der Waals surface area contributed by atoms with E-state index in [0.29, 0.717) is 27.9 Å². The highest BCUT2D eigenvalue weighted by molar-refractivity contribution is 7.99. The lowest BCUT2D eigenvalue weighted by atomic mass is 10.1. The average molecular weight is 485 g/mol. The van der Waals surface area contributed by atoms with E-state index in [9.17, 15) is 14.0 Å². The Morgan fingerprint density at radius 1 is 1.16 bits per heavy atom. The van der Waals surface area contributed by atoms with Crippen LogP contribution in [-0.2, 0) is 21.9 Å². The maximum atomic E-state index is 14.2. The molecule has 0 radical (unpaired) electrons. The van der Waals surface area contributed by atoms with Gasteiger partial charge in [0.15, 0.2) is 0 Å². The molecule has 2 aromatic rings. The van der Waals surface area contributed by atoms with Gasteiger partial charge in [-0.3, -0.25) is 9.59 Å². The Hall–Kier alpha value is -1.76. The highest BCUT2D eigenvalue weighted by Crippen LogP contribution is 2.25. The van der Waals surface area contributed by atoms with E-state index in [0.717, 1.165) is 18.4 Å². The predicted octanol–water partition coefficient (Wildman–Crippen LogP) is 5.70. The molecule has 0 saturated heterocycles. The van der Waals surface area contributed by atoms with Crippen LogP contribution in [0.2, 0.25) is 10.0 Å². The first-order valence-electron chi connectivity index (χ1n) is 10.2. The number of benzene rings is 2. The smallest absolute Gasteiger partial charge is 0.242 e. The van der Waals surface area contributed by atoms with Gasteiger partial charge in [0.1, 0.15) is 11.9 Å².